The predicted molar refractivity (Wildman–Crippen MR) is 114 cm³/mol. The quantitative estimate of drug-likeness (QED) is 0.579. The molecule has 1 N–H and O–H groups in total. The van der Waals surface area contributed by atoms with E-state index < -0.39 is 0 Å². The second-order valence-corrected chi connectivity index (χ2v) is 8.05. The molecule has 1 saturated heterocycles. The van der Waals surface area contributed by atoms with E-state index in [4.69, 9.17) is 0 Å². The molecule has 0 atom stereocenters. The maximum atomic E-state index is 11.5. The number of pyridine rings is 1. The molecule has 6 nitrogen and oxygen atoms in total. The van der Waals surface area contributed by atoms with Gasteiger partial charge in [0.2, 0.25) is 5.56 Å². The predicted octanol–water partition coefficient (Wildman–Crippen LogP) is 2.90. The number of piperazine rings is 1. The zero-order chi connectivity index (χ0) is 18.9. The van der Waals surface area contributed by atoms with Crippen molar-refractivity contribution in [2.24, 2.45) is 0 Å². The molecule has 3 aromatic heterocycles. The lowest BCUT2D eigenvalue weighted by Gasteiger charge is -2.35. The van der Waals surface area contributed by atoms with Crippen LogP contribution in [0.5, 0.6) is 0 Å². The van der Waals surface area contributed by atoms with Gasteiger partial charge in [0.1, 0.15) is 17.0 Å². The Kier molecular flexibility index (Phi) is 4.54. The third-order valence-electron chi connectivity index (χ3n) is 5.42. The van der Waals surface area contributed by atoms with Crippen molar-refractivity contribution in [1.82, 2.24) is 19.9 Å². The fourth-order valence-electron chi connectivity index (χ4n) is 3.85. The van der Waals surface area contributed by atoms with Gasteiger partial charge in [-0.1, -0.05) is 12.1 Å². The van der Waals surface area contributed by atoms with E-state index in [0.717, 1.165) is 66.1 Å². The first-order valence-electron chi connectivity index (χ1n) is 9.54. The number of H-pyrrole nitrogens is 1. The molecule has 0 saturated carbocycles. The molecular formula is C21H21N5OS. The summed E-state index contributed by atoms with van der Waals surface area (Å²) in [6, 6.07) is 11.9. The number of anilines is 1. The molecule has 0 radical (unpaired) electrons. The summed E-state index contributed by atoms with van der Waals surface area (Å²) in [6.07, 6.45) is 2.65. The van der Waals surface area contributed by atoms with Crippen LogP contribution in [0.2, 0.25) is 0 Å². The second kappa shape index (κ2) is 7.33. The average molecular weight is 392 g/mol. The summed E-state index contributed by atoms with van der Waals surface area (Å²) in [7, 11) is 0. The Balaban J connectivity index is 1.22. The minimum Gasteiger partial charge on any atom is -0.353 e. The van der Waals surface area contributed by atoms with Crippen LogP contribution in [0, 0.1) is 0 Å². The molecule has 142 valence electrons. The number of nitrogens with zero attached hydrogens (tertiary/aromatic N) is 4. The molecule has 5 rings (SSSR count). The van der Waals surface area contributed by atoms with Crippen molar-refractivity contribution in [3.8, 4) is 0 Å². The fourth-order valence-corrected chi connectivity index (χ4v) is 4.58. The van der Waals surface area contributed by atoms with E-state index in [9.17, 15) is 4.79 Å². The minimum absolute atomic E-state index is 0.0507. The standard InChI is InChI=1S/C21H21N5OS/c27-19-4-3-16-2-1-15(13-18(16)24-19)5-7-25-8-10-26(11-9-25)20-17-6-12-28-21(17)23-14-22-20/h1-4,6,12-14H,5,7-11H2,(H,24,27). The van der Waals surface area contributed by atoms with Crippen molar-refractivity contribution >= 4 is 38.3 Å². The first-order chi connectivity index (χ1) is 13.8. The van der Waals surface area contributed by atoms with Crippen molar-refractivity contribution in [3.63, 3.8) is 0 Å². The Morgan fingerprint density at radius 2 is 1.89 bits per heavy atom. The highest BCUT2D eigenvalue weighted by molar-refractivity contribution is 7.16. The molecule has 1 fully saturated rings. The van der Waals surface area contributed by atoms with Gasteiger partial charge in [0.05, 0.1) is 5.39 Å². The fraction of sp³-hybridized carbons (Fsp3) is 0.286. The Hall–Kier alpha value is -2.77. The summed E-state index contributed by atoms with van der Waals surface area (Å²) >= 11 is 1.66. The van der Waals surface area contributed by atoms with Crippen molar-refractivity contribution < 1.29 is 0 Å². The maximum absolute atomic E-state index is 11.5. The topological polar surface area (TPSA) is 65.1 Å². The van der Waals surface area contributed by atoms with Gasteiger partial charge in [0, 0.05) is 44.3 Å². The molecule has 0 unspecified atom stereocenters. The van der Waals surface area contributed by atoms with Gasteiger partial charge in [-0.15, -0.1) is 11.3 Å². The smallest absolute Gasteiger partial charge is 0.248 e. The van der Waals surface area contributed by atoms with Crippen LogP contribution in [-0.2, 0) is 6.42 Å². The molecule has 0 spiro atoms. The first-order valence-corrected chi connectivity index (χ1v) is 10.4. The zero-order valence-corrected chi connectivity index (χ0v) is 16.3. The number of thiophene rings is 1. The van der Waals surface area contributed by atoms with E-state index in [1.807, 2.05) is 6.07 Å². The molecule has 4 heterocycles. The van der Waals surface area contributed by atoms with Gasteiger partial charge in [0.25, 0.3) is 0 Å². The third-order valence-corrected chi connectivity index (χ3v) is 6.24. The molecule has 0 aliphatic carbocycles. The van der Waals surface area contributed by atoms with Gasteiger partial charge in [-0.25, -0.2) is 9.97 Å². The summed E-state index contributed by atoms with van der Waals surface area (Å²) in [5.41, 5.74) is 2.12. The Labute approximate surface area is 166 Å². The van der Waals surface area contributed by atoms with Gasteiger partial charge >= 0.3 is 0 Å². The molecule has 7 heteroatoms. The van der Waals surface area contributed by atoms with E-state index >= 15 is 0 Å². The van der Waals surface area contributed by atoms with Crippen molar-refractivity contribution in [2.45, 2.75) is 6.42 Å². The minimum atomic E-state index is -0.0507. The van der Waals surface area contributed by atoms with Crippen molar-refractivity contribution in [2.75, 3.05) is 37.6 Å². The molecule has 0 bridgehead atoms. The largest absolute Gasteiger partial charge is 0.353 e. The first kappa shape index (κ1) is 17.3. The van der Waals surface area contributed by atoms with E-state index in [1.54, 1.807) is 23.7 Å². The highest BCUT2D eigenvalue weighted by Crippen LogP contribution is 2.27. The monoisotopic (exact) mass is 391 g/mol. The Morgan fingerprint density at radius 3 is 2.79 bits per heavy atom. The number of nitrogens with one attached hydrogen (secondary N) is 1. The van der Waals surface area contributed by atoms with Crippen molar-refractivity contribution in [1.29, 1.82) is 0 Å². The number of fused-ring (bicyclic) bond motifs is 2. The van der Waals surface area contributed by atoms with Crippen LogP contribution in [-0.4, -0.2) is 52.6 Å². The van der Waals surface area contributed by atoms with E-state index in [-0.39, 0.29) is 5.56 Å². The molecule has 1 aromatic carbocycles. The summed E-state index contributed by atoms with van der Waals surface area (Å²) in [4.78, 5) is 29.3. The lowest BCUT2D eigenvalue weighted by Crippen LogP contribution is -2.47. The third kappa shape index (κ3) is 3.39. The molecule has 28 heavy (non-hydrogen) atoms. The number of benzene rings is 1. The van der Waals surface area contributed by atoms with Crippen LogP contribution in [0.1, 0.15) is 5.56 Å². The molecule has 4 aromatic rings. The van der Waals surface area contributed by atoms with Crippen LogP contribution >= 0.6 is 11.3 Å². The van der Waals surface area contributed by atoms with Gasteiger partial charge in [-0.3, -0.25) is 9.69 Å². The Morgan fingerprint density at radius 1 is 1.04 bits per heavy atom. The average Bonchev–Trinajstić information content (AvgIpc) is 3.21. The van der Waals surface area contributed by atoms with Crippen LogP contribution in [0.3, 0.4) is 0 Å². The summed E-state index contributed by atoms with van der Waals surface area (Å²) in [6.45, 7) is 5.04. The van der Waals surface area contributed by atoms with E-state index in [2.05, 4.69) is 54.4 Å². The lowest BCUT2D eigenvalue weighted by atomic mass is 10.1. The Bertz CT molecular complexity index is 1180. The highest BCUT2D eigenvalue weighted by Gasteiger charge is 2.20. The molecule has 1 aliphatic rings. The normalized spacial score (nSPS) is 15.5. The van der Waals surface area contributed by atoms with Gasteiger partial charge in [-0.2, -0.15) is 0 Å². The molecular weight excluding hydrogens is 370 g/mol. The maximum Gasteiger partial charge on any atom is 0.248 e. The number of aromatic amines is 1. The number of hydrogen-bond acceptors (Lipinski definition) is 6. The lowest BCUT2D eigenvalue weighted by molar-refractivity contribution is 0.260. The summed E-state index contributed by atoms with van der Waals surface area (Å²) in [5.74, 6) is 1.06. The highest BCUT2D eigenvalue weighted by atomic mass is 32.1. The zero-order valence-electron chi connectivity index (χ0n) is 15.5. The summed E-state index contributed by atoms with van der Waals surface area (Å²) in [5, 5.41) is 4.31. The van der Waals surface area contributed by atoms with E-state index in [1.165, 1.54) is 5.56 Å². The SMILES string of the molecule is O=c1ccc2ccc(CCN3CCN(c4ncnc5sccc45)CC3)cc2[nH]1. The number of hydrogen-bond donors (Lipinski definition) is 1. The van der Waals surface area contributed by atoms with Crippen molar-refractivity contribution in [3.05, 3.63) is 64.0 Å². The number of aromatic nitrogens is 3. The molecule has 1 aliphatic heterocycles. The van der Waals surface area contributed by atoms with Crippen LogP contribution < -0.4 is 10.5 Å². The van der Waals surface area contributed by atoms with Gasteiger partial charge in [0.15, 0.2) is 0 Å². The second-order valence-electron chi connectivity index (χ2n) is 7.16. The summed E-state index contributed by atoms with van der Waals surface area (Å²) < 4.78 is 0. The number of rotatable bonds is 4. The van der Waals surface area contributed by atoms with Gasteiger partial charge < -0.3 is 9.88 Å². The van der Waals surface area contributed by atoms with Crippen LogP contribution in [0.25, 0.3) is 21.1 Å². The van der Waals surface area contributed by atoms with Crippen LogP contribution in [0.15, 0.2) is 52.9 Å². The van der Waals surface area contributed by atoms with E-state index in [0.29, 0.717) is 0 Å². The van der Waals surface area contributed by atoms with Gasteiger partial charge in [-0.05, 0) is 40.9 Å². The molecule has 0 amide bonds. The van der Waals surface area contributed by atoms with Crippen LogP contribution in [0.4, 0.5) is 5.82 Å².